The minimum absolute atomic E-state index is 0.0222. The van der Waals surface area contributed by atoms with E-state index in [1.165, 1.54) is 4.57 Å². The van der Waals surface area contributed by atoms with Crippen molar-refractivity contribution >= 4 is 22.7 Å². The van der Waals surface area contributed by atoms with Gasteiger partial charge in [0.2, 0.25) is 0 Å². The highest BCUT2D eigenvalue weighted by molar-refractivity contribution is 5.79. The van der Waals surface area contributed by atoms with Crippen LogP contribution in [0.15, 0.2) is 36.7 Å². The van der Waals surface area contributed by atoms with E-state index in [9.17, 15) is 22.8 Å². The van der Waals surface area contributed by atoms with Gasteiger partial charge in [0.05, 0.1) is 17.2 Å². The molecule has 2 aromatic heterocycles. The quantitative estimate of drug-likeness (QED) is 0.477. The van der Waals surface area contributed by atoms with Gasteiger partial charge >= 0.3 is 0 Å². The number of hydrogen-bond acceptors (Lipinski definition) is 6. The van der Waals surface area contributed by atoms with E-state index in [1.807, 2.05) is 6.07 Å². The molecule has 0 saturated heterocycles. The fraction of sp³-hybridized carbons (Fsp3) is 0.100. The van der Waals surface area contributed by atoms with Crippen molar-refractivity contribution in [2.75, 3.05) is 11.1 Å². The lowest BCUT2D eigenvalue weighted by Gasteiger charge is -2.18. The second kappa shape index (κ2) is 7.56. The molecule has 2 aromatic carbocycles. The number of nitrogens with one attached hydrogen (secondary N) is 1. The van der Waals surface area contributed by atoms with Crippen LogP contribution in [0.4, 0.5) is 29.2 Å². The highest BCUT2D eigenvalue weighted by Gasteiger charge is 2.23. The fourth-order valence-corrected chi connectivity index (χ4v) is 3.24. The van der Waals surface area contributed by atoms with Crippen LogP contribution in [0, 0.1) is 34.6 Å². The number of benzene rings is 2. The van der Waals surface area contributed by atoms with Crippen molar-refractivity contribution in [3.63, 3.8) is 0 Å². The largest absolute Gasteiger partial charge is 0.382 e. The van der Waals surface area contributed by atoms with Crippen molar-refractivity contribution in [1.29, 1.82) is 5.26 Å². The second-order valence-electron chi connectivity index (χ2n) is 6.65. The van der Waals surface area contributed by atoms with Gasteiger partial charge in [-0.25, -0.2) is 32.5 Å². The lowest BCUT2D eigenvalue weighted by atomic mass is 10.2. The van der Waals surface area contributed by atoms with Crippen LogP contribution in [0.5, 0.6) is 0 Å². The highest BCUT2D eigenvalue weighted by atomic mass is 19.1. The molecular weight excluding hydrogens is 414 g/mol. The molecule has 3 N–H and O–H groups in total. The molecule has 0 radical (unpaired) electrons. The van der Waals surface area contributed by atoms with E-state index >= 15 is 0 Å². The number of nitrogens with two attached hydrogens (primary N) is 1. The van der Waals surface area contributed by atoms with Crippen molar-refractivity contribution in [1.82, 2.24) is 19.5 Å². The molecule has 0 aliphatic rings. The molecular formula is C20H13F4N7. The molecule has 0 amide bonds. The maximum atomic E-state index is 14.4. The maximum absolute atomic E-state index is 14.4. The van der Waals surface area contributed by atoms with Crippen molar-refractivity contribution in [3.8, 4) is 11.8 Å². The van der Waals surface area contributed by atoms with E-state index in [4.69, 9.17) is 5.73 Å². The van der Waals surface area contributed by atoms with Gasteiger partial charge in [0.15, 0.2) is 5.82 Å². The van der Waals surface area contributed by atoms with Crippen LogP contribution in [0.1, 0.15) is 24.4 Å². The van der Waals surface area contributed by atoms with Crippen molar-refractivity contribution in [2.24, 2.45) is 0 Å². The van der Waals surface area contributed by atoms with Crippen molar-refractivity contribution in [3.05, 3.63) is 71.3 Å². The normalized spacial score (nSPS) is 12.0. The molecule has 7 nitrogen and oxygen atoms in total. The molecule has 0 spiro atoms. The van der Waals surface area contributed by atoms with E-state index < -0.39 is 29.3 Å². The summed E-state index contributed by atoms with van der Waals surface area (Å²) in [5.74, 6) is -3.47. The average Bonchev–Trinajstić information content (AvgIpc) is 3.07. The van der Waals surface area contributed by atoms with E-state index in [1.54, 1.807) is 6.92 Å². The number of fused-ring (bicyclic) bond motifs is 1. The molecule has 4 rings (SSSR count). The van der Waals surface area contributed by atoms with Crippen LogP contribution >= 0.6 is 0 Å². The smallest absolute Gasteiger partial charge is 0.153 e. The zero-order valence-electron chi connectivity index (χ0n) is 15.9. The number of hydrogen-bond donors (Lipinski definition) is 2. The van der Waals surface area contributed by atoms with Crippen molar-refractivity contribution < 1.29 is 17.6 Å². The van der Waals surface area contributed by atoms with Crippen LogP contribution < -0.4 is 11.1 Å². The van der Waals surface area contributed by atoms with E-state index in [0.29, 0.717) is 12.1 Å². The Morgan fingerprint density at radius 3 is 2.39 bits per heavy atom. The van der Waals surface area contributed by atoms with Gasteiger partial charge in [-0.1, -0.05) is 0 Å². The van der Waals surface area contributed by atoms with Gasteiger partial charge in [-0.15, -0.1) is 0 Å². The van der Waals surface area contributed by atoms with Crippen LogP contribution in [0.2, 0.25) is 0 Å². The Bertz CT molecular complexity index is 1340. The van der Waals surface area contributed by atoms with E-state index in [-0.39, 0.29) is 39.7 Å². The molecule has 0 aliphatic carbocycles. The Hall–Kier alpha value is -4.20. The number of aromatic nitrogens is 4. The zero-order chi connectivity index (χ0) is 22.3. The predicted molar refractivity (Wildman–Crippen MR) is 104 cm³/mol. The SMILES string of the molecule is C[C@@H](Nc1ncnc(N)c1C#N)c1nc2c(F)cc(F)cc2n1-c1cc(F)cc(F)c1. The minimum Gasteiger partial charge on any atom is -0.382 e. The number of nitrogens with zero attached hydrogens (tertiary/aromatic N) is 5. The summed E-state index contributed by atoms with van der Waals surface area (Å²) in [7, 11) is 0. The van der Waals surface area contributed by atoms with Gasteiger partial charge in [-0.05, 0) is 19.1 Å². The summed E-state index contributed by atoms with van der Waals surface area (Å²) in [5.41, 5.74) is 5.41. The van der Waals surface area contributed by atoms with Gasteiger partial charge < -0.3 is 11.1 Å². The molecule has 1 atom stereocenters. The fourth-order valence-electron chi connectivity index (χ4n) is 3.24. The molecule has 156 valence electrons. The van der Waals surface area contributed by atoms with Gasteiger partial charge in [0, 0.05) is 18.2 Å². The minimum atomic E-state index is -0.942. The lowest BCUT2D eigenvalue weighted by molar-refractivity contribution is 0.581. The Morgan fingerprint density at radius 2 is 1.71 bits per heavy atom. The molecule has 0 aliphatic heterocycles. The molecule has 0 saturated carbocycles. The van der Waals surface area contributed by atoms with Gasteiger partial charge in [0.25, 0.3) is 0 Å². The summed E-state index contributed by atoms with van der Waals surface area (Å²) in [6, 6.07) is 5.46. The first-order valence-electron chi connectivity index (χ1n) is 8.89. The monoisotopic (exact) mass is 427 g/mol. The van der Waals surface area contributed by atoms with Crippen LogP contribution in [0.25, 0.3) is 16.7 Å². The first kappa shape index (κ1) is 20.1. The summed E-state index contributed by atoms with van der Waals surface area (Å²) >= 11 is 0. The first-order valence-corrected chi connectivity index (χ1v) is 8.89. The number of nitrogen functional groups attached to an aromatic ring is 1. The third kappa shape index (κ3) is 3.59. The van der Waals surface area contributed by atoms with Crippen molar-refractivity contribution in [2.45, 2.75) is 13.0 Å². The molecule has 31 heavy (non-hydrogen) atoms. The molecule has 0 unspecified atom stereocenters. The summed E-state index contributed by atoms with van der Waals surface area (Å²) in [4.78, 5) is 11.9. The average molecular weight is 427 g/mol. The number of rotatable bonds is 4. The predicted octanol–water partition coefficient (Wildman–Crippen LogP) is 4.00. The van der Waals surface area contributed by atoms with Gasteiger partial charge in [-0.3, -0.25) is 4.57 Å². The van der Waals surface area contributed by atoms with E-state index in [2.05, 4.69) is 20.3 Å². The Morgan fingerprint density at radius 1 is 1.03 bits per heavy atom. The maximum Gasteiger partial charge on any atom is 0.153 e. The number of imidazole rings is 1. The van der Waals surface area contributed by atoms with Crippen LogP contribution in [-0.4, -0.2) is 19.5 Å². The standard InChI is InChI=1S/C20H13F4N7/c1-9(29-19-14(7-25)18(26)27-8-28-19)20-30-17-15(24)5-12(23)6-16(17)31(20)13-3-10(21)2-11(22)4-13/h2-6,8-9H,1H3,(H3,26,27,28,29)/t9-/m1/s1. The number of nitriles is 1. The molecule has 11 heteroatoms. The summed E-state index contributed by atoms with van der Waals surface area (Å²) in [5, 5.41) is 12.2. The van der Waals surface area contributed by atoms with Gasteiger partial charge in [0.1, 0.15) is 58.4 Å². The van der Waals surface area contributed by atoms with Crippen LogP contribution in [0.3, 0.4) is 0 Å². The topological polar surface area (TPSA) is 105 Å². The Kier molecular flexibility index (Phi) is 4.90. The molecule has 2 heterocycles. The Labute approximate surface area is 172 Å². The summed E-state index contributed by atoms with van der Waals surface area (Å²) < 4.78 is 57.4. The molecule has 0 bridgehead atoms. The molecule has 0 fully saturated rings. The van der Waals surface area contributed by atoms with Gasteiger partial charge in [-0.2, -0.15) is 5.26 Å². The molecule has 4 aromatic rings. The number of halogens is 4. The van der Waals surface area contributed by atoms with E-state index in [0.717, 1.165) is 24.5 Å². The third-order valence-corrected chi connectivity index (χ3v) is 4.54. The zero-order valence-corrected chi connectivity index (χ0v) is 15.9. The highest BCUT2D eigenvalue weighted by Crippen LogP contribution is 2.30. The van der Waals surface area contributed by atoms with Crippen LogP contribution in [-0.2, 0) is 0 Å². The summed E-state index contributed by atoms with van der Waals surface area (Å²) in [6.45, 7) is 1.60. The number of anilines is 2. The second-order valence-corrected chi connectivity index (χ2v) is 6.65. The third-order valence-electron chi connectivity index (χ3n) is 4.54. The summed E-state index contributed by atoms with van der Waals surface area (Å²) in [6.07, 6.45) is 1.14. The lowest BCUT2D eigenvalue weighted by Crippen LogP contribution is -2.15. The first-order chi connectivity index (χ1) is 14.8. The Balaban J connectivity index is 1.93.